The zero-order chi connectivity index (χ0) is 8.81. The Morgan fingerprint density at radius 1 is 1.67 bits per heavy atom. The number of nitrogens with zero attached hydrogens (tertiary/aromatic N) is 2. The highest BCUT2D eigenvalue weighted by Crippen LogP contribution is 1.96. The molecule has 0 saturated carbocycles. The molecule has 5 heteroatoms. The van der Waals surface area contributed by atoms with Gasteiger partial charge in [0.2, 0.25) is 5.91 Å². The molecule has 0 bridgehead atoms. The van der Waals surface area contributed by atoms with Gasteiger partial charge < -0.3 is 10.6 Å². The average molecular weight is 166 g/mol. The summed E-state index contributed by atoms with van der Waals surface area (Å²) in [5.74, 6) is 0.343. The van der Waals surface area contributed by atoms with E-state index in [-0.39, 0.29) is 12.5 Å². The summed E-state index contributed by atoms with van der Waals surface area (Å²) in [6.45, 7) is 0.274. The molecular formula is C7H10N4O. The van der Waals surface area contributed by atoms with Crippen LogP contribution in [0.2, 0.25) is 0 Å². The van der Waals surface area contributed by atoms with Gasteiger partial charge in [-0.1, -0.05) is 0 Å². The summed E-state index contributed by atoms with van der Waals surface area (Å²) in [6, 6.07) is 3.39. The summed E-state index contributed by atoms with van der Waals surface area (Å²) in [5.41, 5.74) is 0. The van der Waals surface area contributed by atoms with Crippen molar-refractivity contribution in [1.29, 1.82) is 0 Å². The van der Waals surface area contributed by atoms with E-state index in [1.807, 2.05) is 0 Å². The minimum Gasteiger partial charge on any atom is -0.311 e. The van der Waals surface area contributed by atoms with Crippen LogP contribution in [0.5, 0.6) is 0 Å². The highest BCUT2D eigenvalue weighted by atomic mass is 16.1. The van der Waals surface area contributed by atoms with Crippen LogP contribution in [-0.2, 0) is 4.79 Å². The maximum absolute atomic E-state index is 11.0. The zero-order valence-electron chi connectivity index (χ0n) is 6.74. The highest BCUT2D eigenvalue weighted by Gasteiger charge is 1.99. The van der Waals surface area contributed by atoms with E-state index in [4.69, 9.17) is 0 Å². The lowest BCUT2D eigenvalue weighted by Gasteiger charge is -2.00. The predicted molar refractivity (Wildman–Crippen MR) is 44.6 cm³/mol. The second kappa shape index (κ2) is 4.40. The Morgan fingerprint density at radius 2 is 2.50 bits per heavy atom. The number of rotatable bonds is 3. The number of anilines is 1. The van der Waals surface area contributed by atoms with Crippen molar-refractivity contribution in [1.82, 2.24) is 15.5 Å². The maximum atomic E-state index is 11.0. The third-order valence-corrected chi connectivity index (χ3v) is 1.18. The lowest BCUT2D eigenvalue weighted by atomic mass is 10.5. The summed E-state index contributed by atoms with van der Waals surface area (Å²) in [7, 11) is 1.70. The van der Waals surface area contributed by atoms with Crippen molar-refractivity contribution < 1.29 is 4.79 Å². The molecule has 1 aromatic heterocycles. The summed E-state index contributed by atoms with van der Waals surface area (Å²) in [4.78, 5) is 11.0. The molecule has 0 unspecified atom stereocenters. The van der Waals surface area contributed by atoms with Crippen molar-refractivity contribution in [3.8, 4) is 0 Å². The smallest absolute Gasteiger partial charge is 0.239 e. The normalized spacial score (nSPS) is 9.42. The van der Waals surface area contributed by atoms with E-state index in [0.717, 1.165) is 0 Å². The van der Waals surface area contributed by atoms with Crippen LogP contribution in [0.25, 0.3) is 0 Å². The molecule has 12 heavy (non-hydrogen) atoms. The van der Waals surface area contributed by atoms with E-state index < -0.39 is 0 Å². The first-order valence-electron chi connectivity index (χ1n) is 3.55. The number of carbonyl (C=O) groups excluding carboxylic acids is 1. The van der Waals surface area contributed by atoms with E-state index in [0.29, 0.717) is 5.82 Å². The molecule has 0 atom stereocenters. The highest BCUT2D eigenvalue weighted by molar-refractivity contribution is 5.91. The molecule has 1 heterocycles. The quantitative estimate of drug-likeness (QED) is 0.643. The molecule has 0 aromatic carbocycles. The lowest BCUT2D eigenvalue weighted by molar-refractivity contribution is -0.115. The average Bonchev–Trinajstić information content (AvgIpc) is 2.06. The first kappa shape index (κ1) is 8.61. The largest absolute Gasteiger partial charge is 0.311 e. The number of nitrogens with one attached hydrogen (secondary N) is 2. The number of likely N-dealkylation sites (N-methyl/N-ethyl adjacent to an activating group) is 1. The summed E-state index contributed by atoms with van der Waals surface area (Å²) in [6.07, 6.45) is 1.55. The zero-order valence-corrected chi connectivity index (χ0v) is 6.74. The molecule has 0 aliphatic heterocycles. The molecular weight excluding hydrogens is 156 g/mol. The van der Waals surface area contributed by atoms with E-state index in [1.165, 1.54) is 0 Å². The molecule has 1 amide bonds. The fourth-order valence-electron chi connectivity index (χ4n) is 0.716. The maximum Gasteiger partial charge on any atom is 0.239 e. The van der Waals surface area contributed by atoms with Gasteiger partial charge in [-0.25, -0.2) is 0 Å². The molecule has 1 aromatic rings. The Morgan fingerprint density at radius 3 is 3.08 bits per heavy atom. The summed E-state index contributed by atoms with van der Waals surface area (Å²) in [5, 5.41) is 12.6. The van der Waals surface area contributed by atoms with Crippen LogP contribution >= 0.6 is 0 Å². The lowest BCUT2D eigenvalue weighted by Crippen LogP contribution is -2.25. The van der Waals surface area contributed by atoms with Gasteiger partial charge in [0, 0.05) is 6.20 Å². The van der Waals surface area contributed by atoms with Gasteiger partial charge in [-0.3, -0.25) is 4.79 Å². The van der Waals surface area contributed by atoms with E-state index in [1.54, 1.807) is 25.4 Å². The van der Waals surface area contributed by atoms with Gasteiger partial charge in [0.25, 0.3) is 0 Å². The van der Waals surface area contributed by atoms with Crippen molar-refractivity contribution in [2.24, 2.45) is 0 Å². The number of aromatic nitrogens is 2. The number of carbonyl (C=O) groups is 1. The van der Waals surface area contributed by atoms with Crippen molar-refractivity contribution >= 4 is 11.7 Å². The standard InChI is InChI=1S/C7H10N4O/c1-8-5-7(12)10-6-3-2-4-9-11-6/h2-4,8H,5H2,1H3,(H,10,11,12). The van der Waals surface area contributed by atoms with Crippen LogP contribution in [-0.4, -0.2) is 29.7 Å². The van der Waals surface area contributed by atoms with Crippen LogP contribution in [0.1, 0.15) is 0 Å². The van der Waals surface area contributed by atoms with Crippen LogP contribution in [0, 0.1) is 0 Å². The molecule has 1 rings (SSSR count). The van der Waals surface area contributed by atoms with Gasteiger partial charge in [0.15, 0.2) is 5.82 Å². The monoisotopic (exact) mass is 166 g/mol. The van der Waals surface area contributed by atoms with Gasteiger partial charge >= 0.3 is 0 Å². The molecule has 0 aliphatic rings. The Hall–Kier alpha value is -1.49. The number of amides is 1. The van der Waals surface area contributed by atoms with Gasteiger partial charge in [0.1, 0.15) is 0 Å². The fraction of sp³-hybridized carbons (Fsp3) is 0.286. The van der Waals surface area contributed by atoms with Crippen LogP contribution in [0.4, 0.5) is 5.82 Å². The van der Waals surface area contributed by atoms with Crippen LogP contribution in [0.3, 0.4) is 0 Å². The second-order valence-electron chi connectivity index (χ2n) is 2.19. The molecule has 5 nitrogen and oxygen atoms in total. The Kier molecular flexibility index (Phi) is 3.16. The van der Waals surface area contributed by atoms with Crippen molar-refractivity contribution in [3.63, 3.8) is 0 Å². The molecule has 0 radical (unpaired) electrons. The molecule has 0 fully saturated rings. The van der Waals surface area contributed by atoms with Gasteiger partial charge in [-0.15, -0.1) is 5.10 Å². The molecule has 64 valence electrons. The third-order valence-electron chi connectivity index (χ3n) is 1.18. The van der Waals surface area contributed by atoms with Crippen LogP contribution in [0.15, 0.2) is 18.3 Å². The van der Waals surface area contributed by atoms with E-state index in [2.05, 4.69) is 20.8 Å². The van der Waals surface area contributed by atoms with Crippen molar-refractivity contribution in [2.45, 2.75) is 0 Å². The van der Waals surface area contributed by atoms with E-state index in [9.17, 15) is 4.79 Å². The van der Waals surface area contributed by atoms with Gasteiger partial charge in [-0.05, 0) is 19.2 Å². The van der Waals surface area contributed by atoms with E-state index >= 15 is 0 Å². The number of hydrogen-bond acceptors (Lipinski definition) is 4. The third kappa shape index (κ3) is 2.63. The topological polar surface area (TPSA) is 66.9 Å². The molecule has 0 spiro atoms. The van der Waals surface area contributed by atoms with Gasteiger partial charge in [0.05, 0.1) is 6.54 Å². The molecule has 0 aliphatic carbocycles. The molecule has 0 saturated heterocycles. The molecule has 2 N–H and O–H groups in total. The van der Waals surface area contributed by atoms with Crippen molar-refractivity contribution in [2.75, 3.05) is 18.9 Å². The Bertz CT molecular complexity index is 249. The minimum atomic E-state index is -0.127. The first-order chi connectivity index (χ1) is 5.83. The Balaban J connectivity index is 2.47. The van der Waals surface area contributed by atoms with Crippen LogP contribution < -0.4 is 10.6 Å². The predicted octanol–water partition coefficient (Wildman–Crippen LogP) is -0.366. The fourth-order valence-corrected chi connectivity index (χ4v) is 0.716. The van der Waals surface area contributed by atoms with Gasteiger partial charge in [-0.2, -0.15) is 5.10 Å². The number of hydrogen-bond donors (Lipinski definition) is 2. The SMILES string of the molecule is CNCC(=O)Nc1cccnn1. The summed E-state index contributed by atoms with van der Waals surface area (Å²) < 4.78 is 0. The summed E-state index contributed by atoms with van der Waals surface area (Å²) >= 11 is 0. The second-order valence-corrected chi connectivity index (χ2v) is 2.19. The first-order valence-corrected chi connectivity index (χ1v) is 3.55. The Labute approximate surface area is 70.2 Å². The van der Waals surface area contributed by atoms with Crippen molar-refractivity contribution in [3.05, 3.63) is 18.3 Å². The minimum absolute atomic E-state index is 0.127.